The minimum absolute atomic E-state index is 0.0913. The standard InChI is InChI=1S/C19H26N4OS2/c1-3-14-8-10-15(11-9-14)20-18-22-23-19(26-18)25-12-17(24)21-16-7-5-4-6-13(16)2/h8-11,13,16H,3-7,12H2,1-2H3,(H,20,22)(H,21,24)/t13-,16-/m1/s1. The van der Waals surface area contributed by atoms with Gasteiger partial charge in [-0.05, 0) is 42.9 Å². The van der Waals surface area contributed by atoms with Crippen molar-refractivity contribution >= 4 is 39.8 Å². The fraction of sp³-hybridized carbons (Fsp3) is 0.526. The van der Waals surface area contributed by atoms with Crippen molar-refractivity contribution in [2.24, 2.45) is 5.92 Å². The van der Waals surface area contributed by atoms with E-state index in [1.807, 2.05) is 12.1 Å². The second-order valence-corrected chi connectivity index (χ2v) is 8.97. The van der Waals surface area contributed by atoms with Gasteiger partial charge in [0, 0.05) is 11.7 Å². The number of thioether (sulfide) groups is 1. The molecule has 2 atom stereocenters. The molecule has 5 nitrogen and oxygen atoms in total. The van der Waals surface area contributed by atoms with Crippen LogP contribution in [0.2, 0.25) is 0 Å². The van der Waals surface area contributed by atoms with Crippen molar-refractivity contribution in [1.82, 2.24) is 15.5 Å². The lowest BCUT2D eigenvalue weighted by Crippen LogP contribution is -2.41. The van der Waals surface area contributed by atoms with Crippen LogP contribution in [-0.2, 0) is 11.2 Å². The number of carbonyl (C=O) groups is 1. The summed E-state index contributed by atoms with van der Waals surface area (Å²) in [4.78, 5) is 12.2. The van der Waals surface area contributed by atoms with E-state index >= 15 is 0 Å². The van der Waals surface area contributed by atoms with Crippen LogP contribution in [0.25, 0.3) is 0 Å². The van der Waals surface area contributed by atoms with E-state index in [2.05, 4.69) is 46.8 Å². The molecule has 0 saturated heterocycles. The lowest BCUT2D eigenvalue weighted by atomic mass is 9.86. The monoisotopic (exact) mass is 390 g/mol. The van der Waals surface area contributed by atoms with Gasteiger partial charge in [-0.3, -0.25) is 4.79 Å². The molecule has 1 aliphatic rings. The summed E-state index contributed by atoms with van der Waals surface area (Å²) in [5.74, 6) is 1.06. The number of aromatic nitrogens is 2. The molecule has 26 heavy (non-hydrogen) atoms. The molecule has 0 spiro atoms. The third kappa shape index (κ3) is 5.45. The van der Waals surface area contributed by atoms with Crippen LogP contribution in [0.5, 0.6) is 0 Å². The van der Waals surface area contributed by atoms with Gasteiger partial charge in [-0.2, -0.15) is 0 Å². The van der Waals surface area contributed by atoms with Crippen LogP contribution < -0.4 is 10.6 Å². The normalized spacial score (nSPS) is 19.9. The van der Waals surface area contributed by atoms with Crippen LogP contribution >= 0.6 is 23.1 Å². The van der Waals surface area contributed by atoms with Crippen molar-refractivity contribution < 1.29 is 4.79 Å². The van der Waals surface area contributed by atoms with Crippen LogP contribution in [0, 0.1) is 5.92 Å². The van der Waals surface area contributed by atoms with Crippen LogP contribution in [0.15, 0.2) is 28.6 Å². The second kappa shape index (κ2) is 9.37. The molecule has 140 valence electrons. The predicted molar refractivity (Wildman–Crippen MR) is 109 cm³/mol. The number of benzene rings is 1. The smallest absolute Gasteiger partial charge is 0.230 e. The summed E-state index contributed by atoms with van der Waals surface area (Å²) in [7, 11) is 0. The van der Waals surface area contributed by atoms with E-state index in [1.54, 1.807) is 0 Å². The van der Waals surface area contributed by atoms with Gasteiger partial charge in [0.25, 0.3) is 0 Å². The Morgan fingerprint density at radius 2 is 2.00 bits per heavy atom. The Hall–Kier alpha value is -1.60. The van der Waals surface area contributed by atoms with E-state index in [9.17, 15) is 4.79 Å². The molecule has 1 fully saturated rings. The molecule has 0 aliphatic heterocycles. The number of hydrogen-bond acceptors (Lipinski definition) is 6. The van der Waals surface area contributed by atoms with Crippen molar-refractivity contribution in [2.75, 3.05) is 11.1 Å². The van der Waals surface area contributed by atoms with Crippen molar-refractivity contribution in [3.8, 4) is 0 Å². The van der Waals surface area contributed by atoms with E-state index in [1.165, 1.54) is 47.9 Å². The molecule has 1 aromatic heterocycles. The summed E-state index contributed by atoms with van der Waals surface area (Å²) in [6.45, 7) is 4.37. The largest absolute Gasteiger partial charge is 0.352 e. The minimum Gasteiger partial charge on any atom is -0.352 e. The van der Waals surface area contributed by atoms with Gasteiger partial charge in [0.15, 0.2) is 4.34 Å². The van der Waals surface area contributed by atoms with Crippen molar-refractivity contribution in [1.29, 1.82) is 0 Å². The van der Waals surface area contributed by atoms with Crippen LogP contribution in [0.3, 0.4) is 0 Å². The number of nitrogens with zero attached hydrogens (tertiary/aromatic N) is 2. The zero-order chi connectivity index (χ0) is 18.4. The predicted octanol–water partition coefficient (Wildman–Crippen LogP) is 4.63. The zero-order valence-corrected chi connectivity index (χ0v) is 17.0. The lowest BCUT2D eigenvalue weighted by Gasteiger charge is -2.29. The highest BCUT2D eigenvalue weighted by Gasteiger charge is 2.22. The summed E-state index contributed by atoms with van der Waals surface area (Å²) < 4.78 is 0.810. The van der Waals surface area contributed by atoms with Gasteiger partial charge in [-0.25, -0.2) is 0 Å². The lowest BCUT2D eigenvalue weighted by molar-refractivity contribution is -0.119. The first-order valence-electron chi connectivity index (χ1n) is 9.25. The van der Waals surface area contributed by atoms with E-state index in [4.69, 9.17) is 0 Å². The number of hydrogen-bond donors (Lipinski definition) is 2. The van der Waals surface area contributed by atoms with E-state index in [-0.39, 0.29) is 5.91 Å². The summed E-state index contributed by atoms with van der Waals surface area (Å²) in [5, 5.41) is 15.5. The highest BCUT2D eigenvalue weighted by molar-refractivity contribution is 8.01. The highest BCUT2D eigenvalue weighted by atomic mass is 32.2. The van der Waals surface area contributed by atoms with Gasteiger partial charge >= 0.3 is 0 Å². The van der Waals surface area contributed by atoms with Gasteiger partial charge in [0.2, 0.25) is 11.0 Å². The van der Waals surface area contributed by atoms with Crippen molar-refractivity contribution in [3.63, 3.8) is 0 Å². The maximum atomic E-state index is 12.2. The number of carbonyl (C=O) groups excluding carboxylic acids is 1. The number of rotatable bonds is 7. The Kier molecular flexibility index (Phi) is 6.91. The molecule has 1 heterocycles. The van der Waals surface area contributed by atoms with E-state index in [0.29, 0.717) is 17.7 Å². The Labute approximate surface area is 163 Å². The van der Waals surface area contributed by atoms with Gasteiger partial charge < -0.3 is 10.6 Å². The average Bonchev–Trinajstić information content (AvgIpc) is 3.10. The summed E-state index contributed by atoms with van der Waals surface area (Å²) in [6, 6.07) is 8.64. The number of anilines is 2. The Bertz CT molecular complexity index is 717. The minimum atomic E-state index is 0.0913. The van der Waals surface area contributed by atoms with E-state index < -0.39 is 0 Å². The molecule has 3 rings (SSSR count). The Morgan fingerprint density at radius 1 is 1.23 bits per heavy atom. The average molecular weight is 391 g/mol. The summed E-state index contributed by atoms with van der Waals surface area (Å²) >= 11 is 2.92. The summed E-state index contributed by atoms with van der Waals surface area (Å²) in [6.07, 6.45) is 5.84. The van der Waals surface area contributed by atoms with E-state index in [0.717, 1.165) is 28.0 Å². The molecular formula is C19H26N4OS2. The van der Waals surface area contributed by atoms with Gasteiger partial charge in [0.05, 0.1) is 5.75 Å². The van der Waals surface area contributed by atoms with Crippen LogP contribution in [0.4, 0.5) is 10.8 Å². The van der Waals surface area contributed by atoms with Gasteiger partial charge in [-0.1, -0.05) is 61.9 Å². The topological polar surface area (TPSA) is 66.9 Å². The molecule has 1 saturated carbocycles. The third-order valence-corrected chi connectivity index (χ3v) is 6.78. The number of nitrogens with one attached hydrogen (secondary N) is 2. The van der Waals surface area contributed by atoms with Gasteiger partial charge in [-0.15, -0.1) is 10.2 Å². The fourth-order valence-corrected chi connectivity index (χ4v) is 4.76. The quantitative estimate of drug-likeness (QED) is 0.675. The first kappa shape index (κ1) is 19.2. The number of aryl methyl sites for hydroxylation is 1. The van der Waals surface area contributed by atoms with Crippen LogP contribution in [0.1, 0.15) is 45.1 Å². The fourth-order valence-electron chi connectivity index (χ4n) is 3.17. The summed E-state index contributed by atoms with van der Waals surface area (Å²) in [5.41, 5.74) is 2.31. The molecule has 0 radical (unpaired) electrons. The zero-order valence-electron chi connectivity index (χ0n) is 15.3. The van der Waals surface area contributed by atoms with Crippen molar-refractivity contribution in [3.05, 3.63) is 29.8 Å². The number of amides is 1. The molecule has 1 aromatic carbocycles. The second-order valence-electron chi connectivity index (χ2n) is 6.77. The third-order valence-electron chi connectivity index (χ3n) is 4.80. The SMILES string of the molecule is CCc1ccc(Nc2nnc(SCC(=O)N[C@@H]3CCCC[C@H]3C)s2)cc1. The van der Waals surface area contributed by atoms with Crippen molar-refractivity contribution in [2.45, 2.75) is 56.3 Å². The Morgan fingerprint density at radius 3 is 2.73 bits per heavy atom. The molecule has 1 aliphatic carbocycles. The highest BCUT2D eigenvalue weighted by Crippen LogP contribution is 2.28. The Balaban J connectivity index is 1.46. The maximum absolute atomic E-state index is 12.2. The molecule has 1 amide bonds. The molecular weight excluding hydrogens is 364 g/mol. The molecule has 0 unspecified atom stereocenters. The molecule has 7 heteroatoms. The molecule has 2 aromatic rings. The maximum Gasteiger partial charge on any atom is 0.230 e. The molecule has 0 bridgehead atoms. The van der Waals surface area contributed by atoms with Crippen LogP contribution in [-0.4, -0.2) is 27.9 Å². The first-order chi connectivity index (χ1) is 12.6. The molecule has 2 N–H and O–H groups in total. The first-order valence-corrected chi connectivity index (χ1v) is 11.1. The van der Waals surface area contributed by atoms with Gasteiger partial charge in [0.1, 0.15) is 0 Å².